The number of hydrogen-bond acceptors (Lipinski definition) is 0. The molecule has 0 aromatic carbocycles. The Morgan fingerprint density at radius 2 is 1.24 bits per heavy atom. The molecule has 2 radical (unpaired) electrons. The average molecular weight is 496 g/mol. The van der Waals surface area contributed by atoms with Crippen LogP contribution in [0.3, 0.4) is 0 Å². The normalized spacial score (nSPS) is 10.7. The summed E-state index contributed by atoms with van der Waals surface area (Å²) in [7, 11) is 0. The molecule has 21 heavy (non-hydrogen) atoms. The van der Waals surface area contributed by atoms with Gasteiger partial charge < -0.3 is 27.2 Å². The van der Waals surface area contributed by atoms with Gasteiger partial charge >= 0.3 is 103 Å². The van der Waals surface area contributed by atoms with Crippen molar-refractivity contribution >= 4 is 0 Å². The van der Waals surface area contributed by atoms with Crippen molar-refractivity contribution in [3.63, 3.8) is 0 Å². The third-order valence-corrected chi connectivity index (χ3v) is 2.53. The Morgan fingerprint density at radius 1 is 0.905 bits per heavy atom. The van der Waals surface area contributed by atoms with Crippen molar-refractivity contribution in [2.75, 3.05) is 0 Å². The molecule has 0 aliphatic heterocycles. The Morgan fingerprint density at radius 3 is 1.29 bits per heavy atom. The molecule has 0 nitrogen and oxygen atoms in total. The Balaban J connectivity index is -0.0000000302. The van der Waals surface area contributed by atoms with Crippen LogP contribution >= 0.6 is 0 Å². The van der Waals surface area contributed by atoms with Gasteiger partial charge in [0.05, 0.1) is 0 Å². The standard InChI is InChI=1S/2C8H16.CH4.2K.2Y/c1-6-7(2)8(3,4)5;1-5-6-7-8(2,3)4;;;;;/h7H,1-2,6H2,3-5H3;7H,1,5-6H2,2-4H3;1H4;;;;/q2*-2;;2*+1;;. The van der Waals surface area contributed by atoms with Crippen LogP contribution in [-0.2, 0) is 65.4 Å². The summed E-state index contributed by atoms with van der Waals surface area (Å²) in [5.41, 5.74) is 0.722. The fourth-order valence-electron chi connectivity index (χ4n) is 0.968. The van der Waals surface area contributed by atoms with Crippen LogP contribution in [0.2, 0.25) is 0 Å². The smallest absolute Gasteiger partial charge is 0.346 e. The molecule has 0 aromatic rings. The summed E-state index contributed by atoms with van der Waals surface area (Å²) < 4.78 is 0. The third kappa shape index (κ3) is 41.1. The van der Waals surface area contributed by atoms with Gasteiger partial charge in [-0.2, -0.15) is 11.3 Å². The van der Waals surface area contributed by atoms with Gasteiger partial charge in [0, 0.05) is 65.4 Å². The van der Waals surface area contributed by atoms with Crippen LogP contribution in [0, 0.1) is 43.9 Å². The Hall–Kier alpha value is 5.48. The van der Waals surface area contributed by atoms with Crippen molar-refractivity contribution in [3.8, 4) is 0 Å². The molecule has 0 amide bonds. The molecule has 0 saturated heterocycles. The summed E-state index contributed by atoms with van der Waals surface area (Å²) in [6.45, 7) is 24.7. The molecule has 0 aromatic heterocycles. The minimum atomic E-state index is 0. The Kier molecular flexibility index (Phi) is 55.0. The summed E-state index contributed by atoms with van der Waals surface area (Å²) in [5.74, 6) is 0.488. The molecule has 1 unspecified atom stereocenters. The predicted octanol–water partition coefficient (Wildman–Crippen LogP) is 0.197. The van der Waals surface area contributed by atoms with E-state index >= 15 is 0 Å². The fourth-order valence-corrected chi connectivity index (χ4v) is 0.968. The van der Waals surface area contributed by atoms with E-state index in [2.05, 4.69) is 68.7 Å². The largest absolute Gasteiger partial charge is 1.00 e. The molecule has 4 heteroatoms. The van der Waals surface area contributed by atoms with E-state index in [1.165, 1.54) is 0 Å². The summed E-state index contributed by atoms with van der Waals surface area (Å²) >= 11 is 0. The van der Waals surface area contributed by atoms with Crippen molar-refractivity contribution in [1.82, 2.24) is 0 Å². The summed E-state index contributed by atoms with van der Waals surface area (Å²) in [4.78, 5) is 0. The summed E-state index contributed by atoms with van der Waals surface area (Å²) in [5, 5.41) is 0. The van der Waals surface area contributed by atoms with Gasteiger partial charge in [0.25, 0.3) is 0 Å². The molecule has 0 spiro atoms. The quantitative estimate of drug-likeness (QED) is 0.387. The van der Waals surface area contributed by atoms with Crippen LogP contribution < -0.4 is 103 Å². The van der Waals surface area contributed by atoms with Gasteiger partial charge in [-0.3, -0.25) is 0 Å². The third-order valence-electron chi connectivity index (χ3n) is 2.53. The topological polar surface area (TPSA) is 0 Å². The van der Waals surface area contributed by atoms with Crippen LogP contribution in [0.25, 0.3) is 0 Å². The fraction of sp³-hybridized carbons (Fsp3) is 0.765. The predicted molar refractivity (Wildman–Crippen MR) is 83.4 cm³/mol. The first-order valence-electron chi connectivity index (χ1n) is 6.30. The first-order valence-corrected chi connectivity index (χ1v) is 6.30. The minimum absolute atomic E-state index is 0. The minimum Gasteiger partial charge on any atom is -0.346 e. The SMILES string of the molecule is C.[CH2-]CC([CH2-])C(C)(C)C.[CH2-]CC[CH-]C(C)(C)C.[K+].[K+].[Y].[Y]. The first-order chi connectivity index (χ1) is 7.04. The monoisotopic (exact) mass is 496 g/mol. The van der Waals surface area contributed by atoms with Crippen molar-refractivity contribution in [2.24, 2.45) is 16.7 Å². The van der Waals surface area contributed by atoms with Gasteiger partial charge in [0.1, 0.15) is 0 Å². The molecular formula is C17H36K2Y2-2. The van der Waals surface area contributed by atoms with E-state index in [9.17, 15) is 0 Å². The molecule has 0 N–H and O–H groups in total. The van der Waals surface area contributed by atoms with E-state index in [1.807, 2.05) is 0 Å². The Labute approximate surface area is 273 Å². The second kappa shape index (κ2) is 25.5. The maximum absolute atomic E-state index is 3.97. The maximum Gasteiger partial charge on any atom is 1.00 e. The van der Waals surface area contributed by atoms with Crippen LogP contribution in [0.15, 0.2) is 0 Å². The molecule has 114 valence electrons. The summed E-state index contributed by atoms with van der Waals surface area (Å²) in [6.07, 6.45) is 5.41. The van der Waals surface area contributed by atoms with Gasteiger partial charge in [-0.05, 0) is 0 Å². The molecule has 0 heterocycles. The number of hydrogen-bond donors (Lipinski definition) is 0. The zero-order valence-electron chi connectivity index (χ0n) is 15.6. The van der Waals surface area contributed by atoms with Crippen LogP contribution in [0.1, 0.15) is 68.2 Å². The zero-order chi connectivity index (χ0) is 13.4. The van der Waals surface area contributed by atoms with Crippen LogP contribution in [-0.4, -0.2) is 0 Å². The number of rotatable bonds is 3. The van der Waals surface area contributed by atoms with Gasteiger partial charge in [0.2, 0.25) is 0 Å². The number of unbranched alkanes of at least 4 members (excludes halogenated alkanes) is 1. The van der Waals surface area contributed by atoms with Crippen LogP contribution in [0.5, 0.6) is 0 Å². The second-order valence-corrected chi connectivity index (χ2v) is 6.56. The molecule has 0 bridgehead atoms. The van der Waals surface area contributed by atoms with Crippen LogP contribution in [0.4, 0.5) is 0 Å². The van der Waals surface area contributed by atoms with Crippen molar-refractivity contribution in [3.05, 3.63) is 27.2 Å². The second-order valence-electron chi connectivity index (χ2n) is 6.56. The van der Waals surface area contributed by atoms with Crippen molar-refractivity contribution in [2.45, 2.75) is 68.2 Å². The molecular weight excluding hydrogens is 460 g/mol. The first kappa shape index (κ1) is 45.3. The molecule has 0 aliphatic carbocycles. The van der Waals surface area contributed by atoms with Gasteiger partial charge in [-0.25, -0.2) is 19.3 Å². The molecule has 0 rings (SSSR count). The average Bonchev–Trinajstić information content (AvgIpc) is 2.11. The molecule has 0 aliphatic rings. The van der Waals surface area contributed by atoms with E-state index < -0.39 is 0 Å². The molecule has 1 atom stereocenters. The van der Waals surface area contributed by atoms with E-state index in [4.69, 9.17) is 0 Å². The van der Waals surface area contributed by atoms with E-state index in [0.29, 0.717) is 16.7 Å². The van der Waals surface area contributed by atoms with Crippen molar-refractivity contribution in [1.29, 1.82) is 0 Å². The summed E-state index contributed by atoms with van der Waals surface area (Å²) in [6, 6.07) is 0. The van der Waals surface area contributed by atoms with E-state index in [0.717, 1.165) is 19.3 Å². The molecule has 0 fully saturated rings. The van der Waals surface area contributed by atoms with Gasteiger partial charge in [-0.15, -0.1) is 0 Å². The van der Waals surface area contributed by atoms with Gasteiger partial charge in [-0.1, -0.05) is 54.4 Å². The van der Waals surface area contributed by atoms with E-state index in [-0.39, 0.29) is 176 Å². The Bertz CT molecular complexity index is 161. The zero-order valence-corrected chi connectivity index (χ0v) is 27.5. The van der Waals surface area contributed by atoms with Gasteiger partial charge in [0.15, 0.2) is 0 Å². The van der Waals surface area contributed by atoms with E-state index in [1.54, 1.807) is 0 Å². The maximum atomic E-state index is 3.97. The molecule has 0 saturated carbocycles. The van der Waals surface area contributed by atoms with Crippen molar-refractivity contribution < 1.29 is 168 Å².